The number of hydrogen-bond acceptors (Lipinski definition) is 5. The molecule has 3 N–H and O–H groups in total. The van der Waals surface area contributed by atoms with Gasteiger partial charge in [0.1, 0.15) is 5.82 Å². The Balaban J connectivity index is 2.14. The molecule has 1 saturated heterocycles. The van der Waals surface area contributed by atoms with Crippen molar-refractivity contribution < 1.29 is 0 Å². The molecule has 18 heavy (non-hydrogen) atoms. The van der Waals surface area contributed by atoms with E-state index in [1.165, 1.54) is 19.3 Å². The third-order valence-corrected chi connectivity index (χ3v) is 4.54. The summed E-state index contributed by atoms with van der Waals surface area (Å²) in [6.45, 7) is 6.70. The lowest BCUT2D eigenvalue weighted by atomic mass is 9.78. The van der Waals surface area contributed by atoms with Crippen LogP contribution in [0.25, 0.3) is 0 Å². The topological polar surface area (TPSA) is 67.1 Å². The summed E-state index contributed by atoms with van der Waals surface area (Å²) in [5.74, 6) is 6.74. The van der Waals surface area contributed by atoms with Gasteiger partial charge in [-0.15, -0.1) is 0 Å². The predicted molar refractivity (Wildman–Crippen MR) is 77.4 cm³/mol. The van der Waals surface area contributed by atoms with Crippen LogP contribution in [0.3, 0.4) is 0 Å². The highest BCUT2D eigenvalue weighted by atomic mass is 79.9. The van der Waals surface area contributed by atoms with Crippen LogP contribution in [-0.2, 0) is 0 Å². The number of nitrogens with one attached hydrogen (secondary N) is 1. The first-order valence-corrected chi connectivity index (χ1v) is 7.11. The second-order valence-electron chi connectivity index (χ2n) is 5.16. The van der Waals surface area contributed by atoms with Crippen molar-refractivity contribution >= 4 is 27.7 Å². The van der Waals surface area contributed by atoms with E-state index < -0.39 is 0 Å². The molecule has 0 aliphatic carbocycles. The first kappa shape index (κ1) is 13.5. The molecule has 0 radical (unpaired) electrons. The van der Waals surface area contributed by atoms with Gasteiger partial charge in [-0.3, -0.25) is 5.43 Å². The third-order valence-electron chi connectivity index (χ3n) is 3.98. The second kappa shape index (κ2) is 5.40. The Bertz CT molecular complexity index is 415. The molecule has 0 spiro atoms. The van der Waals surface area contributed by atoms with Gasteiger partial charge in [-0.2, -0.15) is 4.98 Å². The van der Waals surface area contributed by atoms with Crippen LogP contribution in [0.2, 0.25) is 0 Å². The number of nitrogens with zero attached hydrogens (tertiary/aromatic N) is 3. The molecule has 1 aliphatic heterocycles. The zero-order valence-corrected chi connectivity index (χ0v) is 12.5. The number of nitrogen functional groups attached to an aromatic ring is 1. The van der Waals surface area contributed by atoms with Crippen LogP contribution in [0.15, 0.2) is 10.7 Å². The number of halogens is 1. The maximum Gasteiger partial charge on any atom is 0.239 e. The first-order valence-electron chi connectivity index (χ1n) is 6.32. The van der Waals surface area contributed by atoms with Crippen molar-refractivity contribution in [2.45, 2.75) is 33.1 Å². The number of nitrogens with two attached hydrogens (primary N) is 1. The molecule has 100 valence electrons. The van der Waals surface area contributed by atoms with E-state index in [1.807, 2.05) is 0 Å². The Kier molecular flexibility index (Phi) is 4.07. The average Bonchev–Trinajstić information content (AvgIpc) is 2.41. The molecular formula is C12H20BrN5. The van der Waals surface area contributed by atoms with E-state index in [2.05, 4.69) is 50.1 Å². The lowest BCUT2D eigenvalue weighted by molar-refractivity contribution is 0.237. The van der Waals surface area contributed by atoms with Crippen molar-refractivity contribution in [3.05, 3.63) is 10.7 Å². The molecular weight excluding hydrogens is 294 g/mol. The van der Waals surface area contributed by atoms with Crippen molar-refractivity contribution in [3.63, 3.8) is 0 Å². The fourth-order valence-electron chi connectivity index (χ4n) is 2.26. The molecule has 2 heterocycles. The van der Waals surface area contributed by atoms with Crippen LogP contribution in [-0.4, -0.2) is 23.1 Å². The van der Waals surface area contributed by atoms with Crippen LogP contribution in [0.5, 0.6) is 0 Å². The molecule has 0 atom stereocenters. The summed E-state index contributed by atoms with van der Waals surface area (Å²) in [6, 6.07) is 0. The van der Waals surface area contributed by atoms with E-state index in [4.69, 9.17) is 5.84 Å². The van der Waals surface area contributed by atoms with Gasteiger partial charge in [0.25, 0.3) is 0 Å². The highest BCUT2D eigenvalue weighted by molar-refractivity contribution is 9.10. The minimum atomic E-state index is 0.456. The van der Waals surface area contributed by atoms with Crippen molar-refractivity contribution in [1.82, 2.24) is 9.97 Å². The van der Waals surface area contributed by atoms with Crippen LogP contribution in [0.1, 0.15) is 33.1 Å². The van der Waals surface area contributed by atoms with Crippen LogP contribution < -0.4 is 16.2 Å². The van der Waals surface area contributed by atoms with Gasteiger partial charge in [-0.25, -0.2) is 10.8 Å². The van der Waals surface area contributed by atoms with Crippen molar-refractivity contribution in [2.24, 2.45) is 11.3 Å². The van der Waals surface area contributed by atoms with E-state index in [1.54, 1.807) is 6.20 Å². The minimum absolute atomic E-state index is 0.456. The van der Waals surface area contributed by atoms with Crippen molar-refractivity contribution in [1.29, 1.82) is 0 Å². The molecule has 0 bridgehead atoms. The van der Waals surface area contributed by atoms with Crippen LogP contribution in [0.4, 0.5) is 11.8 Å². The molecule has 6 heteroatoms. The maximum absolute atomic E-state index is 5.35. The molecule has 0 amide bonds. The van der Waals surface area contributed by atoms with Gasteiger partial charge in [0.15, 0.2) is 0 Å². The maximum atomic E-state index is 5.35. The quantitative estimate of drug-likeness (QED) is 0.663. The Hall–Kier alpha value is -0.880. The molecule has 0 unspecified atom stereocenters. The Labute approximate surface area is 116 Å². The fourth-order valence-corrected chi connectivity index (χ4v) is 2.70. The molecule has 0 aromatic carbocycles. The molecule has 0 saturated carbocycles. The summed E-state index contributed by atoms with van der Waals surface area (Å²) in [5.41, 5.74) is 2.97. The monoisotopic (exact) mass is 313 g/mol. The third kappa shape index (κ3) is 2.75. The van der Waals surface area contributed by atoms with E-state index in [0.717, 1.165) is 23.4 Å². The summed E-state index contributed by atoms with van der Waals surface area (Å²) in [5, 5.41) is 0. The summed E-state index contributed by atoms with van der Waals surface area (Å²) < 4.78 is 0.918. The predicted octanol–water partition coefficient (Wildman–Crippen LogP) is 2.54. The highest BCUT2D eigenvalue weighted by Crippen LogP contribution is 2.36. The number of hydrazine groups is 1. The minimum Gasteiger partial charge on any atom is -0.355 e. The first-order chi connectivity index (χ1) is 8.58. The zero-order valence-electron chi connectivity index (χ0n) is 10.9. The Morgan fingerprint density at radius 3 is 2.72 bits per heavy atom. The fraction of sp³-hybridized carbons (Fsp3) is 0.667. The lowest BCUT2D eigenvalue weighted by Gasteiger charge is -2.39. The molecule has 1 aromatic heterocycles. The molecule has 1 aromatic rings. The number of aromatic nitrogens is 2. The standard InChI is InChI=1S/C12H20BrN5/c1-3-12(2)4-6-18(7-5-12)10-9(13)8-15-11(16-10)17-14/h8H,3-7,14H2,1-2H3,(H,15,16,17). The largest absolute Gasteiger partial charge is 0.355 e. The smallest absolute Gasteiger partial charge is 0.239 e. The second-order valence-corrected chi connectivity index (χ2v) is 6.02. The van der Waals surface area contributed by atoms with E-state index in [0.29, 0.717) is 11.4 Å². The van der Waals surface area contributed by atoms with E-state index in [-0.39, 0.29) is 0 Å². The van der Waals surface area contributed by atoms with Gasteiger partial charge in [0, 0.05) is 19.3 Å². The highest BCUT2D eigenvalue weighted by Gasteiger charge is 2.29. The van der Waals surface area contributed by atoms with Gasteiger partial charge in [-0.05, 0) is 34.2 Å². The number of hydrogen-bond donors (Lipinski definition) is 2. The molecule has 1 aliphatic rings. The van der Waals surface area contributed by atoms with E-state index >= 15 is 0 Å². The normalized spacial score (nSPS) is 18.8. The molecule has 5 nitrogen and oxygen atoms in total. The van der Waals surface area contributed by atoms with Gasteiger partial charge >= 0.3 is 0 Å². The van der Waals surface area contributed by atoms with Crippen LogP contribution >= 0.6 is 15.9 Å². The number of piperidine rings is 1. The van der Waals surface area contributed by atoms with Gasteiger partial charge in [-0.1, -0.05) is 20.3 Å². The number of anilines is 2. The zero-order chi connectivity index (χ0) is 13.2. The van der Waals surface area contributed by atoms with E-state index in [9.17, 15) is 0 Å². The van der Waals surface area contributed by atoms with Crippen molar-refractivity contribution in [3.8, 4) is 0 Å². The summed E-state index contributed by atoms with van der Waals surface area (Å²) in [6.07, 6.45) is 5.38. The van der Waals surface area contributed by atoms with Gasteiger partial charge in [0.2, 0.25) is 5.95 Å². The Morgan fingerprint density at radius 1 is 1.50 bits per heavy atom. The molecule has 1 fully saturated rings. The summed E-state index contributed by atoms with van der Waals surface area (Å²) in [4.78, 5) is 10.8. The lowest BCUT2D eigenvalue weighted by Crippen LogP contribution is -2.39. The number of rotatable bonds is 3. The van der Waals surface area contributed by atoms with Gasteiger partial charge in [0.05, 0.1) is 4.47 Å². The Morgan fingerprint density at radius 2 is 2.17 bits per heavy atom. The SMILES string of the molecule is CCC1(C)CCN(c2nc(NN)ncc2Br)CC1. The van der Waals surface area contributed by atoms with Gasteiger partial charge < -0.3 is 4.90 Å². The molecule has 2 rings (SSSR count). The van der Waals surface area contributed by atoms with Crippen LogP contribution in [0, 0.1) is 5.41 Å². The summed E-state index contributed by atoms with van der Waals surface area (Å²) >= 11 is 3.51. The van der Waals surface area contributed by atoms with Crippen molar-refractivity contribution in [2.75, 3.05) is 23.4 Å². The average molecular weight is 314 g/mol. The summed E-state index contributed by atoms with van der Waals surface area (Å²) in [7, 11) is 0.